The van der Waals surface area contributed by atoms with E-state index in [0.717, 1.165) is 0 Å². The molecule has 0 heterocycles. The van der Waals surface area contributed by atoms with Crippen LogP contribution in [0.5, 0.6) is 0 Å². The van der Waals surface area contributed by atoms with Crippen molar-refractivity contribution in [3.63, 3.8) is 0 Å². The van der Waals surface area contributed by atoms with Gasteiger partial charge in [0.2, 0.25) is 0 Å². The van der Waals surface area contributed by atoms with Crippen molar-refractivity contribution in [3.8, 4) is 6.07 Å². The molecule has 0 atom stereocenters. The monoisotopic (exact) mass is 193 g/mol. The van der Waals surface area contributed by atoms with E-state index in [9.17, 15) is 13.6 Å². The third kappa shape index (κ3) is 10.6. The molecule has 0 aromatic rings. The van der Waals surface area contributed by atoms with Gasteiger partial charge >= 0.3 is 5.97 Å². The fraction of sp³-hybridized carbons (Fsp3) is 0.500. The predicted molar refractivity (Wildman–Crippen MR) is 45.5 cm³/mol. The number of hydrogen-bond donors (Lipinski definition) is 0. The largest absolute Gasteiger partial charge is 0.459 e. The Balaban J connectivity index is -0.000000309. The molecule has 0 bridgehead atoms. The van der Waals surface area contributed by atoms with Crippen LogP contribution < -0.4 is 0 Å². The molecule has 0 rings (SSSR count). The zero-order chi connectivity index (χ0) is 9.98. The van der Waals surface area contributed by atoms with Crippen molar-refractivity contribution < 1.29 is 18.3 Å². The van der Waals surface area contributed by atoms with Crippen molar-refractivity contribution in [1.82, 2.24) is 0 Å². The number of carbonyl (C=O) groups is 1. The fourth-order valence-electron chi connectivity index (χ4n) is 0.264. The number of halogens is 2. The highest BCUT2D eigenvalue weighted by Gasteiger charge is 2.05. The van der Waals surface area contributed by atoms with Crippen molar-refractivity contribution in [2.75, 3.05) is 20.5 Å². The Labute approximate surface area is 76.6 Å². The molecule has 0 spiro atoms. The maximum atomic E-state index is 11.3. The van der Waals surface area contributed by atoms with E-state index in [0.29, 0.717) is 7.18 Å². The third-order valence-electron chi connectivity index (χ3n) is 0.692. The highest BCUT2D eigenvalue weighted by Crippen LogP contribution is 1.91. The van der Waals surface area contributed by atoms with Crippen molar-refractivity contribution in [3.05, 3.63) is 12.2 Å². The molecule has 0 unspecified atom stereocenters. The van der Waals surface area contributed by atoms with E-state index in [4.69, 9.17) is 5.26 Å². The van der Waals surface area contributed by atoms with E-state index >= 15 is 0 Å². The lowest BCUT2D eigenvalue weighted by Gasteiger charge is -1.96. The van der Waals surface area contributed by atoms with E-state index in [2.05, 4.69) is 11.3 Å². The lowest BCUT2D eigenvalue weighted by Crippen LogP contribution is -2.07. The average Bonchev–Trinajstić information content (AvgIpc) is 2.16. The van der Waals surface area contributed by atoms with Gasteiger partial charge in [-0.1, -0.05) is 14.0 Å². The van der Waals surface area contributed by atoms with Crippen LogP contribution in [-0.4, -0.2) is 26.4 Å². The van der Waals surface area contributed by atoms with Crippen LogP contribution in [0, 0.1) is 11.3 Å². The number of nitrogens with zero attached hydrogens (tertiary/aromatic N) is 1. The zero-order valence-electron chi connectivity index (χ0n) is 6.64. The van der Waals surface area contributed by atoms with Gasteiger partial charge in [-0.15, -0.1) is 0 Å². The van der Waals surface area contributed by atoms with Crippen molar-refractivity contribution in [2.24, 2.45) is 0 Å². The zero-order valence-corrected chi connectivity index (χ0v) is 6.64. The Morgan fingerprint density at radius 1 is 1.62 bits per heavy atom. The molecule has 0 fully saturated rings. The van der Waals surface area contributed by atoms with Crippen LogP contribution in [0.4, 0.5) is 8.78 Å². The van der Waals surface area contributed by atoms with Gasteiger partial charge in [-0.05, 0) is 0 Å². The number of nitriles is 1. The Hall–Kier alpha value is -1.44. The Morgan fingerprint density at radius 3 is 2.38 bits per heavy atom. The minimum atomic E-state index is -0.861. The summed E-state index contributed by atoms with van der Waals surface area (Å²) in [6.45, 7) is 2.00. The van der Waals surface area contributed by atoms with Gasteiger partial charge in [0.15, 0.2) is 0 Å². The van der Waals surface area contributed by atoms with Gasteiger partial charge in [-0.3, -0.25) is 4.39 Å². The molecule has 0 saturated heterocycles. The number of rotatable bonds is 3. The Morgan fingerprint density at radius 2 is 2.08 bits per heavy atom. The summed E-state index contributed by atoms with van der Waals surface area (Å²) in [4.78, 5) is 10.4. The summed E-state index contributed by atoms with van der Waals surface area (Å²) in [5, 5.41) is 8.06. The van der Waals surface area contributed by atoms with Gasteiger partial charge in [-0.2, -0.15) is 5.26 Å². The SMILES string of the molecule is C.C=C(C#N)C(=O)OCCF.CF. The summed E-state index contributed by atoms with van der Waals surface area (Å²) >= 11 is 0. The minimum Gasteiger partial charge on any atom is -0.459 e. The summed E-state index contributed by atoms with van der Waals surface area (Å²) < 4.78 is 25.0. The van der Waals surface area contributed by atoms with E-state index in [-0.39, 0.29) is 19.6 Å². The molecule has 0 amide bonds. The Bertz CT molecular complexity index is 187. The molecule has 0 N–H and O–H groups in total. The summed E-state index contributed by atoms with van der Waals surface area (Å²) in [6.07, 6.45) is 0. The van der Waals surface area contributed by atoms with E-state index in [1.54, 1.807) is 0 Å². The second-order valence-electron chi connectivity index (χ2n) is 1.42. The lowest BCUT2D eigenvalue weighted by atomic mass is 10.3. The van der Waals surface area contributed by atoms with Crippen LogP contribution >= 0.6 is 0 Å². The van der Waals surface area contributed by atoms with Gasteiger partial charge in [0.05, 0.1) is 7.18 Å². The molecule has 3 nitrogen and oxygen atoms in total. The summed E-state index contributed by atoms with van der Waals surface area (Å²) in [6, 6.07) is 1.48. The first-order valence-corrected chi connectivity index (χ1v) is 2.92. The second-order valence-corrected chi connectivity index (χ2v) is 1.42. The van der Waals surface area contributed by atoms with Gasteiger partial charge < -0.3 is 4.74 Å². The molecule has 0 aliphatic heterocycles. The number of esters is 1. The molecule has 0 saturated carbocycles. The molecule has 76 valence electrons. The molecule has 0 aliphatic carbocycles. The highest BCUT2D eigenvalue weighted by molar-refractivity contribution is 5.91. The van der Waals surface area contributed by atoms with E-state index in [1.165, 1.54) is 6.07 Å². The lowest BCUT2D eigenvalue weighted by molar-refractivity contribution is -0.138. The first-order valence-electron chi connectivity index (χ1n) is 2.92. The maximum Gasteiger partial charge on any atom is 0.348 e. The molecule has 0 radical (unpaired) electrons. The van der Waals surface area contributed by atoms with E-state index < -0.39 is 12.6 Å². The smallest absolute Gasteiger partial charge is 0.348 e. The fourth-order valence-corrected chi connectivity index (χ4v) is 0.264. The molecule has 0 aromatic heterocycles. The number of hydrogen-bond acceptors (Lipinski definition) is 3. The first kappa shape index (κ1) is 17.6. The molecular weight excluding hydrogens is 180 g/mol. The summed E-state index contributed by atoms with van der Waals surface area (Å²) in [5.41, 5.74) is -0.312. The third-order valence-corrected chi connectivity index (χ3v) is 0.692. The van der Waals surface area contributed by atoms with Crippen molar-refractivity contribution >= 4 is 5.97 Å². The van der Waals surface area contributed by atoms with Crippen LogP contribution in [0.3, 0.4) is 0 Å². The van der Waals surface area contributed by atoms with Crippen LogP contribution in [-0.2, 0) is 9.53 Å². The van der Waals surface area contributed by atoms with Crippen LogP contribution in [0.2, 0.25) is 0 Å². The summed E-state index contributed by atoms with van der Waals surface area (Å²) in [5.74, 6) is -0.861. The molecule has 5 heteroatoms. The van der Waals surface area contributed by atoms with Crippen LogP contribution in [0.25, 0.3) is 0 Å². The molecule has 13 heavy (non-hydrogen) atoms. The summed E-state index contributed by atoms with van der Waals surface area (Å²) in [7, 11) is 0.500. The maximum absolute atomic E-state index is 11.3. The van der Waals surface area contributed by atoms with Gasteiger partial charge in [0.1, 0.15) is 24.9 Å². The second kappa shape index (κ2) is 13.2. The number of alkyl halides is 2. The van der Waals surface area contributed by atoms with Gasteiger partial charge in [0.25, 0.3) is 0 Å². The predicted octanol–water partition coefficient (Wildman–Crippen LogP) is 1.80. The topological polar surface area (TPSA) is 50.1 Å². The average molecular weight is 193 g/mol. The Kier molecular flexibility index (Phi) is 17.8. The standard InChI is InChI=1S/C6H6FNO2.CH3F.CH4/c1-5(4-8)6(9)10-3-2-7;1-2;/h1-3H2;1H3;1H4. The normalized spacial score (nSPS) is 6.62. The molecule has 0 aromatic carbocycles. The minimum absolute atomic E-state index is 0. The molecule has 0 aliphatic rings. The van der Waals surface area contributed by atoms with Gasteiger partial charge in [-0.25, -0.2) is 9.18 Å². The number of carbonyl (C=O) groups excluding carboxylic acids is 1. The van der Waals surface area contributed by atoms with E-state index in [1.807, 2.05) is 0 Å². The van der Waals surface area contributed by atoms with Crippen molar-refractivity contribution in [1.29, 1.82) is 5.26 Å². The number of ether oxygens (including phenoxy) is 1. The first-order chi connectivity index (χ1) is 5.72. The van der Waals surface area contributed by atoms with Gasteiger partial charge in [0, 0.05) is 0 Å². The van der Waals surface area contributed by atoms with Crippen LogP contribution in [0.1, 0.15) is 7.43 Å². The van der Waals surface area contributed by atoms with Crippen molar-refractivity contribution in [2.45, 2.75) is 7.43 Å². The quantitative estimate of drug-likeness (QED) is 0.390. The van der Waals surface area contributed by atoms with Crippen LogP contribution in [0.15, 0.2) is 12.2 Å². The highest BCUT2D eigenvalue weighted by atomic mass is 19.1. The molecular formula is C8H13F2NO2.